The highest BCUT2D eigenvalue weighted by Gasteiger charge is 2.27. The average Bonchev–Trinajstić information content (AvgIpc) is 2.55. The highest BCUT2D eigenvalue weighted by Crippen LogP contribution is 2.33. The summed E-state index contributed by atoms with van der Waals surface area (Å²) >= 11 is 0. The van der Waals surface area contributed by atoms with Crippen molar-refractivity contribution in [1.29, 1.82) is 0 Å². The summed E-state index contributed by atoms with van der Waals surface area (Å²) in [4.78, 5) is 0. The molecule has 1 aliphatic heterocycles. The lowest BCUT2D eigenvalue weighted by atomic mass is 9.80. The van der Waals surface area contributed by atoms with Gasteiger partial charge >= 0.3 is 0 Å². The van der Waals surface area contributed by atoms with Crippen molar-refractivity contribution in [3.05, 3.63) is 47.2 Å². The van der Waals surface area contributed by atoms with Crippen molar-refractivity contribution in [3.8, 4) is 0 Å². The van der Waals surface area contributed by atoms with Crippen LogP contribution >= 0.6 is 0 Å². The molecule has 0 radical (unpaired) electrons. The van der Waals surface area contributed by atoms with E-state index in [4.69, 9.17) is 4.74 Å². The summed E-state index contributed by atoms with van der Waals surface area (Å²) in [7, 11) is 1.84. The molecule has 1 aromatic carbocycles. The Kier molecular flexibility index (Phi) is 5.63. The molecule has 1 saturated carbocycles. The SMILES string of the molecule is COC1CCCC2C(=CNN=C2c2ccc(CC(C)(C)C)cc2)CC1. The lowest BCUT2D eigenvalue weighted by molar-refractivity contribution is 0.0823. The summed E-state index contributed by atoms with van der Waals surface area (Å²) in [6.07, 6.45) is 9.34. The van der Waals surface area contributed by atoms with Gasteiger partial charge < -0.3 is 4.74 Å². The molecule has 0 amide bonds. The van der Waals surface area contributed by atoms with Gasteiger partial charge in [0.2, 0.25) is 0 Å². The summed E-state index contributed by atoms with van der Waals surface area (Å²) in [5.41, 5.74) is 8.81. The fraction of sp³-hybridized carbons (Fsp3) is 0.591. The number of fused-ring (bicyclic) bond motifs is 1. The van der Waals surface area contributed by atoms with Gasteiger partial charge in [-0.1, -0.05) is 45.0 Å². The van der Waals surface area contributed by atoms with Crippen molar-refractivity contribution in [2.45, 2.75) is 65.4 Å². The molecule has 1 fully saturated rings. The first kappa shape index (κ1) is 18.2. The van der Waals surface area contributed by atoms with Crippen LogP contribution in [0.15, 0.2) is 41.1 Å². The third-order valence-corrected chi connectivity index (χ3v) is 5.30. The van der Waals surface area contributed by atoms with Gasteiger partial charge in [0.25, 0.3) is 0 Å². The van der Waals surface area contributed by atoms with E-state index in [9.17, 15) is 0 Å². The summed E-state index contributed by atoms with van der Waals surface area (Å²) in [6, 6.07) is 9.04. The van der Waals surface area contributed by atoms with E-state index in [-0.39, 0.29) is 0 Å². The summed E-state index contributed by atoms with van der Waals surface area (Å²) < 4.78 is 5.59. The molecule has 0 aromatic heterocycles. The maximum atomic E-state index is 5.59. The smallest absolute Gasteiger partial charge is 0.0751 e. The van der Waals surface area contributed by atoms with E-state index in [2.05, 4.69) is 61.8 Å². The molecule has 25 heavy (non-hydrogen) atoms. The second kappa shape index (κ2) is 7.74. The summed E-state index contributed by atoms with van der Waals surface area (Å²) in [5.74, 6) is 0.451. The van der Waals surface area contributed by atoms with Crippen molar-refractivity contribution in [2.75, 3.05) is 7.11 Å². The van der Waals surface area contributed by atoms with E-state index in [1.54, 1.807) is 0 Å². The number of hydrogen-bond donors (Lipinski definition) is 1. The van der Waals surface area contributed by atoms with E-state index in [0.29, 0.717) is 17.4 Å². The monoisotopic (exact) mass is 340 g/mol. The highest BCUT2D eigenvalue weighted by atomic mass is 16.5. The van der Waals surface area contributed by atoms with Gasteiger partial charge in [-0.25, -0.2) is 0 Å². The molecule has 1 aromatic rings. The molecule has 3 nitrogen and oxygen atoms in total. The lowest BCUT2D eigenvalue weighted by Gasteiger charge is -2.30. The number of nitrogens with zero attached hydrogens (tertiary/aromatic N) is 1. The fourth-order valence-electron chi connectivity index (χ4n) is 4.04. The van der Waals surface area contributed by atoms with Crippen molar-refractivity contribution >= 4 is 5.71 Å². The number of benzene rings is 1. The molecule has 136 valence electrons. The molecule has 2 atom stereocenters. The Hall–Kier alpha value is -1.61. The maximum absolute atomic E-state index is 5.59. The van der Waals surface area contributed by atoms with E-state index in [1.807, 2.05) is 7.11 Å². The van der Waals surface area contributed by atoms with Crippen LogP contribution in [-0.2, 0) is 11.2 Å². The van der Waals surface area contributed by atoms with Crippen LogP contribution < -0.4 is 5.43 Å². The first-order valence-corrected chi connectivity index (χ1v) is 9.60. The zero-order valence-electron chi connectivity index (χ0n) is 16.1. The Bertz CT molecular complexity index is 637. The molecule has 1 aliphatic carbocycles. The van der Waals surface area contributed by atoms with Crippen LogP contribution in [-0.4, -0.2) is 18.9 Å². The van der Waals surface area contributed by atoms with Gasteiger partial charge in [-0.15, -0.1) is 0 Å². The number of rotatable bonds is 3. The van der Waals surface area contributed by atoms with Crippen molar-refractivity contribution in [1.82, 2.24) is 5.43 Å². The van der Waals surface area contributed by atoms with Crippen LogP contribution in [0.2, 0.25) is 0 Å². The molecule has 1 heterocycles. The molecule has 2 unspecified atom stereocenters. The zero-order chi connectivity index (χ0) is 17.9. The van der Waals surface area contributed by atoms with Crippen LogP contribution in [0, 0.1) is 11.3 Å². The van der Waals surface area contributed by atoms with E-state index >= 15 is 0 Å². The number of methoxy groups -OCH3 is 1. The third-order valence-electron chi connectivity index (χ3n) is 5.30. The van der Waals surface area contributed by atoms with Crippen LogP contribution in [0.1, 0.15) is 64.0 Å². The largest absolute Gasteiger partial charge is 0.381 e. The maximum Gasteiger partial charge on any atom is 0.0751 e. The zero-order valence-corrected chi connectivity index (χ0v) is 16.1. The average molecular weight is 341 g/mol. The molecule has 3 heteroatoms. The lowest BCUT2D eigenvalue weighted by Crippen LogP contribution is -2.28. The number of hydrazone groups is 1. The van der Waals surface area contributed by atoms with Gasteiger partial charge in [0.05, 0.1) is 11.8 Å². The number of ether oxygens (including phenoxy) is 1. The first-order chi connectivity index (χ1) is 12.0. The quantitative estimate of drug-likeness (QED) is 0.834. The summed E-state index contributed by atoms with van der Waals surface area (Å²) in [6.45, 7) is 6.86. The molecule has 0 bridgehead atoms. The van der Waals surface area contributed by atoms with Gasteiger partial charge in [-0.3, -0.25) is 5.43 Å². The molecular weight excluding hydrogens is 308 g/mol. The Morgan fingerprint density at radius 2 is 1.88 bits per heavy atom. The fourth-order valence-corrected chi connectivity index (χ4v) is 4.04. The molecule has 0 spiro atoms. The van der Waals surface area contributed by atoms with E-state index < -0.39 is 0 Å². The minimum absolute atomic E-state index is 0.318. The molecule has 1 N–H and O–H groups in total. The topological polar surface area (TPSA) is 33.6 Å². The van der Waals surface area contributed by atoms with Gasteiger partial charge in [0, 0.05) is 19.2 Å². The first-order valence-electron chi connectivity index (χ1n) is 9.60. The third kappa shape index (κ3) is 4.72. The predicted molar refractivity (Wildman–Crippen MR) is 105 cm³/mol. The molecule has 0 saturated heterocycles. The van der Waals surface area contributed by atoms with Crippen molar-refractivity contribution in [2.24, 2.45) is 16.4 Å². The highest BCUT2D eigenvalue weighted by molar-refractivity contribution is 6.04. The van der Waals surface area contributed by atoms with Crippen molar-refractivity contribution < 1.29 is 4.74 Å². The second-order valence-corrected chi connectivity index (χ2v) is 8.66. The number of allylic oxidation sites excluding steroid dienone is 1. The Labute approximate surface area is 152 Å². The normalized spacial score (nSPS) is 24.3. The van der Waals surface area contributed by atoms with Crippen molar-refractivity contribution in [3.63, 3.8) is 0 Å². The van der Waals surface area contributed by atoms with Gasteiger partial charge in [-0.05, 0) is 60.6 Å². The Balaban J connectivity index is 1.75. The van der Waals surface area contributed by atoms with Crippen LogP contribution in [0.4, 0.5) is 0 Å². The summed E-state index contributed by atoms with van der Waals surface area (Å²) in [5, 5.41) is 4.66. The minimum Gasteiger partial charge on any atom is -0.381 e. The van der Waals surface area contributed by atoms with Crippen LogP contribution in [0.5, 0.6) is 0 Å². The second-order valence-electron chi connectivity index (χ2n) is 8.66. The molecule has 2 aliphatic rings. The van der Waals surface area contributed by atoms with Gasteiger partial charge in [0.1, 0.15) is 0 Å². The van der Waals surface area contributed by atoms with Gasteiger partial charge in [0.15, 0.2) is 0 Å². The molecular formula is C22H32N2O. The standard InChI is InChI=1S/C22H32N2O/c1-22(2,3)14-16-8-10-17(11-9-16)21-20-7-5-6-19(25-4)13-12-18(20)15-23-24-21/h8-11,15,19-20,23H,5-7,12-14H2,1-4H3. The molecule has 3 rings (SSSR count). The van der Waals surface area contributed by atoms with Crippen LogP contribution in [0.25, 0.3) is 0 Å². The minimum atomic E-state index is 0.318. The number of hydrogen-bond acceptors (Lipinski definition) is 3. The Morgan fingerprint density at radius 3 is 2.56 bits per heavy atom. The van der Waals surface area contributed by atoms with Gasteiger partial charge in [-0.2, -0.15) is 5.10 Å². The van der Waals surface area contributed by atoms with E-state index in [0.717, 1.165) is 32.1 Å². The van der Waals surface area contributed by atoms with E-state index in [1.165, 1.54) is 28.8 Å². The van der Waals surface area contributed by atoms with Crippen LogP contribution in [0.3, 0.4) is 0 Å². The Morgan fingerprint density at radius 1 is 1.12 bits per heavy atom. The predicted octanol–water partition coefficient (Wildman–Crippen LogP) is 5.06. The number of nitrogens with one attached hydrogen (secondary N) is 1.